The lowest BCUT2D eigenvalue weighted by Gasteiger charge is -2.14. The molecule has 6 N–H and O–H groups in total. The Hall–Kier alpha value is 1.80. The molecule has 0 saturated carbocycles. The average molecular weight is 351 g/mol. The van der Waals surface area contributed by atoms with Gasteiger partial charge in [0.1, 0.15) is 0 Å². The van der Waals surface area contributed by atoms with E-state index < -0.39 is 0 Å². The summed E-state index contributed by atoms with van der Waals surface area (Å²) in [6, 6.07) is 0. The summed E-state index contributed by atoms with van der Waals surface area (Å²) in [5.74, 6) is 3.04. The van der Waals surface area contributed by atoms with E-state index in [1.165, 1.54) is 0 Å². The number of hydrogen-bond donors (Lipinski definition) is 3. The van der Waals surface area contributed by atoms with E-state index in [0.717, 1.165) is 36.9 Å². The van der Waals surface area contributed by atoms with Crippen molar-refractivity contribution in [2.75, 3.05) is 36.9 Å². The van der Waals surface area contributed by atoms with Crippen LogP contribution < -0.4 is 17.2 Å². The van der Waals surface area contributed by atoms with Crippen LogP contribution in [0.5, 0.6) is 0 Å². The first kappa shape index (κ1) is 26.4. The SMILES string of the molecule is Cl.Cl.Cl.NCCSC(SCCN)SCCN. The van der Waals surface area contributed by atoms with E-state index in [1.807, 2.05) is 35.3 Å². The summed E-state index contributed by atoms with van der Waals surface area (Å²) < 4.78 is 0.552. The van der Waals surface area contributed by atoms with Gasteiger partial charge in [-0.05, 0) is 0 Å². The minimum absolute atomic E-state index is 0. The van der Waals surface area contributed by atoms with Gasteiger partial charge in [-0.15, -0.1) is 72.5 Å². The second-order valence-corrected chi connectivity index (χ2v) is 6.80. The average Bonchev–Trinajstić information content (AvgIpc) is 2.17. The van der Waals surface area contributed by atoms with Crippen LogP contribution in [0, 0.1) is 0 Å². The molecule has 0 amide bonds. The van der Waals surface area contributed by atoms with Gasteiger partial charge in [0.05, 0.1) is 3.91 Å². The third-order valence-electron chi connectivity index (χ3n) is 1.12. The van der Waals surface area contributed by atoms with Crippen LogP contribution in [0.15, 0.2) is 0 Å². The first-order valence-corrected chi connectivity index (χ1v) is 7.44. The Bertz CT molecular complexity index is 97.1. The molecule has 0 aromatic carbocycles. The summed E-state index contributed by atoms with van der Waals surface area (Å²) in [5.41, 5.74) is 16.3. The van der Waals surface area contributed by atoms with Crippen LogP contribution in [0.1, 0.15) is 0 Å². The molecule has 0 aliphatic rings. The lowest BCUT2D eigenvalue weighted by molar-refractivity contribution is 1.14. The van der Waals surface area contributed by atoms with Crippen LogP contribution in [0.4, 0.5) is 0 Å². The molecule has 0 atom stereocenters. The van der Waals surface area contributed by atoms with E-state index in [0.29, 0.717) is 3.91 Å². The number of thioether (sulfide) groups is 3. The molecule has 3 nitrogen and oxygen atoms in total. The molecule has 0 rings (SSSR count). The predicted octanol–water partition coefficient (Wildman–Crippen LogP) is 1.61. The monoisotopic (exact) mass is 349 g/mol. The third-order valence-corrected chi connectivity index (χ3v) is 5.80. The molecule has 0 saturated heterocycles. The van der Waals surface area contributed by atoms with Crippen molar-refractivity contribution in [2.45, 2.75) is 3.91 Å². The molecule has 0 aromatic rings. The zero-order chi connectivity index (χ0) is 9.94. The van der Waals surface area contributed by atoms with Crippen LogP contribution in [0.3, 0.4) is 0 Å². The Morgan fingerprint density at radius 2 is 0.875 bits per heavy atom. The van der Waals surface area contributed by atoms with Crippen molar-refractivity contribution < 1.29 is 0 Å². The quantitative estimate of drug-likeness (QED) is 0.548. The summed E-state index contributed by atoms with van der Waals surface area (Å²) in [7, 11) is 0. The highest BCUT2D eigenvalue weighted by Gasteiger charge is 2.08. The predicted molar refractivity (Wildman–Crippen MR) is 90.1 cm³/mol. The highest BCUT2D eigenvalue weighted by atomic mass is 35.5. The largest absolute Gasteiger partial charge is 0.330 e. The Labute approximate surface area is 130 Å². The molecule has 0 aliphatic carbocycles. The van der Waals surface area contributed by atoms with Crippen LogP contribution in [-0.2, 0) is 0 Å². The van der Waals surface area contributed by atoms with E-state index in [-0.39, 0.29) is 37.2 Å². The minimum Gasteiger partial charge on any atom is -0.330 e. The molecule has 0 radical (unpaired) electrons. The van der Waals surface area contributed by atoms with Crippen LogP contribution in [-0.4, -0.2) is 40.8 Å². The van der Waals surface area contributed by atoms with Crippen molar-refractivity contribution in [3.8, 4) is 0 Å². The topological polar surface area (TPSA) is 78.1 Å². The van der Waals surface area contributed by atoms with E-state index in [1.54, 1.807) is 0 Å². The Kier molecular flexibility index (Phi) is 36.3. The fraction of sp³-hybridized carbons (Fsp3) is 1.00. The van der Waals surface area contributed by atoms with Gasteiger partial charge in [-0.3, -0.25) is 0 Å². The smallest absolute Gasteiger partial charge is 0.0957 e. The van der Waals surface area contributed by atoms with Gasteiger partial charge in [-0.25, -0.2) is 0 Å². The van der Waals surface area contributed by atoms with Gasteiger partial charge in [0, 0.05) is 36.9 Å². The summed E-state index contributed by atoms with van der Waals surface area (Å²) in [4.78, 5) is 0. The van der Waals surface area contributed by atoms with E-state index >= 15 is 0 Å². The Balaban J connectivity index is -0.000000240. The van der Waals surface area contributed by atoms with Gasteiger partial charge < -0.3 is 17.2 Å². The zero-order valence-corrected chi connectivity index (χ0v) is 13.9. The van der Waals surface area contributed by atoms with Crippen molar-refractivity contribution >= 4 is 72.5 Å². The second kappa shape index (κ2) is 22.0. The normalized spacial score (nSPS) is 9.00. The molecule has 0 bridgehead atoms. The molecule has 0 aromatic heterocycles. The third kappa shape index (κ3) is 18.2. The molecule has 0 spiro atoms. The first-order chi connectivity index (χ1) is 6.35. The molecule has 104 valence electrons. The maximum Gasteiger partial charge on any atom is 0.0957 e. The maximum absolute atomic E-state index is 5.45. The number of rotatable bonds is 9. The van der Waals surface area contributed by atoms with Gasteiger partial charge in [0.2, 0.25) is 0 Å². The molecule has 0 unspecified atom stereocenters. The van der Waals surface area contributed by atoms with Crippen LogP contribution in [0.2, 0.25) is 0 Å². The molecule has 9 heteroatoms. The summed E-state index contributed by atoms with van der Waals surface area (Å²) in [6.07, 6.45) is 0. The van der Waals surface area contributed by atoms with E-state index in [2.05, 4.69) is 0 Å². The zero-order valence-electron chi connectivity index (χ0n) is 9.00. The molecule has 0 fully saturated rings. The lowest BCUT2D eigenvalue weighted by atomic mass is 10.8. The van der Waals surface area contributed by atoms with Gasteiger partial charge in [0.25, 0.3) is 0 Å². The number of nitrogens with two attached hydrogens (primary N) is 3. The second-order valence-electron chi connectivity index (χ2n) is 2.27. The van der Waals surface area contributed by atoms with Crippen LogP contribution in [0.25, 0.3) is 0 Å². The Morgan fingerprint density at radius 1 is 0.625 bits per heavy atom. The Morgan fingerprint density at radius 3 is 1.06 bits per heavy atom. The van der Waals surface area contributed by atoms with Gasteiger partial charge >= 0.3 is 0 Å². The van der Waals surface area contributed by atoms with Gasteiger partial charge in [-0.1, -0.05) is 0 Å². The van der Waals surface area contributed by atoms with Crippen molar-refractivity contribution in [2.24, 2.45) is 17.2 Å². The summed E-state index contributed by atoms with van der Waals surface area (Å²) in [5, 5.41) is 0. The minimum atomic E-state index is 0. The molecular weight excluding hydrogens is 329 g/mol. The van der Waals surface area contributed by atoms with Crippen molar-refractivity contribution in [3.05, 3.63) is 0 Å². The van der Waals surface area contributed by atoms with Crippen molar-refractivity contribution in [3.63, 3.8) is 0 Å². The van der Waals surface area contributed by atoms with E-state index in [9.17, 15) is 0 Å². The maximum atomic E-state index is 5.45. The summed E-state index contributed by atoms with van der Waals surface area (Å²) in [6.45, 7) is 2.23. The number of halogens is 3. The highest BCUT2D eigenvalue weighted by Crippen LogP contribution is 2.32. The fourth-order valence-corrected chi connectivity index (χ4v) is 4.51. The highest BCUT2D eigenvalue weighted by molar-refractivity contribution is 8.32. The standard InChI is InChI=1S/C7H19N3S3.3ClH/c8-1-4-11-7(12-5-2-9)13-6-3-10;;;/h7H,1-6,8-10H2;3*1H. The molecule has 0 heterocycles. The molecule has 0 aliphatic heterocycles. The molecular formula is C7H22Cl3N3S3. The fourth-order valence-electron chi connectivity index (χ4n) is 0.637. The van der Waals surface area contributed by atoms with Gasteiger partial charge in [-0.2, -0.15) is 0 Å². The summed E-state index contributed by atoms with van der Waals surface area (Å²) >= 11 is 5.67. The molecule has 16 heavy (non-hydrogen) atoms. The van der Waals surface area contributed by atoms with Gasteiger partial charge in [0.15, 0.2) is 0 Å². The van der Waals surface area contributed by atoms with Crippen molar-refractivity contribution in [1.29, 1.82) is 0 Å². The van der Waals surface area contributed by atoms with Crippen molar-refractivity contribution in [1.82, 2.24) is 0 Å². The first-order valence-electron chi connectivity index (χ1n) is 4.30. The van der Waals surface area contributed by atoms with Crippen LogP contribution >= 0.6 is 72.5 Å². The number of hydrogen-bond acceptors (Lipinski definition) is 6. The van der Waals surface area contributed by atoms with E-state index in [4.69, 9.17) is 17.2 Å². The lowest BCUT2D eigenvalue weighted by Crippen LogP contribution is -2.10.